The van der Waals surface area contributed by atoms with Crippen LogP contribution in [0.2, 0.25) is 0 Å². The highest BCUT2D eigenvalue weighted by Gasteiger charge is 2.42. The van der Waals surface area contributed by atoms with Gasteiger partial charge in [-0.05, 0) is 27.7 Å². The Bertz CT molecular complexity index is 656. The Morgan fingerprint density at radius 3 is 2.43 bits per heavy atom. The molecule has 8 nitrogen and oxygen atoms in total. The highest BCUT2D eigenvalue weighted by Crippen LogP contribution is 2.21. The standard InChI is InChI=1S/C15H19N3O5/c1-14(2,3)23-13(20)15(4,21)12(19)18-9-6-11(22-5)10(7-16)17-8-9/h6,8,21H,1-5H3,(H,18,19). The smallest absolute Gasteiger partial charge is 0.348 e. The zero-order valence-electron chi connectivity index (χ0n) is 13.6. The quantitative estimate of drug-likeness (QED) is 0.626. The second kappa shape index (κ2) is 6.62. The summed E-state index contributed by atoms with van der Waals surface area (Å²) in [7, 11) is 1.35. The summed E-state index contributed by atoms with van der Waals surface area (Å²) in [5.41, 5.74) is -3.02. The summed E-state index contributed by atoms with van der Waals surface area (Å²) < 4.78 is 9.98. The molecule has 2 N–H and O–H groups in total. The molecule has 1 atom stereocenters. The lowest BCUT2D eigenvalue weighted by molar-refractivity contribution is -0.177. The Morgan fingerprint density at radius 1 is 1.35 bits per heavy atom. The second-order valence-electron chi connectivity index (χ2n) is 5.91. The van der Waals surface area contributed by atoms with E-state index in [4.69, 9.17) is 14.7 Å². The number of hydrogen-bond acceptors (Lipinski definition) is 7. The molecule has 0 saturated heterocycles. The van der Waals surface area contributed by atoms with Crippen LogP contribution in [0.15, 0.2) is 12.3 Å². The van der Waals surface area contributed by atoms with Crippen LogP contribution in [0.25, 0.3) is 0 Å². The van der Waals surface area contributed by atoms with E-state index in [1.165, 1.54) is 19.4 Å². The number of nitrogens with zero attached hydrogens (tertiary/aromatic N) is 2. The average molecular weight is 321 g/mol. The van der Waals surface area contributed by atoms with Gasteiger partial charge in [0, 0.05) is 6.07 Å². The van der Waals surface area contributed by atoms with Gasteiger partial charge < -0.3 is 19.9 Å². The number of amides is 1. The number of anilines is 1. The lowest BCUT2D eigenvalue weighted by Gasteiger charge is -2.26. The van der Waals surface area contributed by atoms with Gasteiger partial charge in [0.25, 0.3) is 5.91 Å². The predicted octanol–water partition coefficient (Wildman–Crippen LogP) is 0.993. The van der Waals surface area contributed by atoms with Crippen LogP contribution in [-0.2, 0) is 14.3 Å². The molecule has 23 heavy (non-hydrogen) atoms. The number of carbonyl (C=O) groups is 2. The van der Waals surface area contributed by atoms with Crippen molar-refractivity contribution >= 4 is 17.6 Å². The number of nitrogens with one attached hydrogen (secondary N) is 1. The summed E-state index contributed by atoms with van der Waals surface area (Å²) in [6, 6.07) is 3.18. The maximum atomic E-state index is 12.1. The van der Waals surface area contributed by atoms with Gasteiger partial charge >= 0.3 is 5.97 Å². The zero-order chi connectivity index (χ0) is 17.8. The van der Waals surface area contributed by atoms with Crippen LogP contribution in [0.1, 0.15) is 33.4 Å². The highest BCUT2D eigenvalue weighted by molar-refractivity contribution is 6.11. The zero-order valence-corrected chi connectivity index (χ0v) is 13.6. The van der Waals surface area contributed by atoms with Crippen molar-refractivity contribution in [3.63, 3.8) is 0 Å². The number of methoxy groups -OCH3 is 1. The molecular weight excluding hydrogens is 302 g/mol. The number of nitriles is 1. The molecule has 0 aliphatic carbocycles. The Balaban J connectivity index is 2.94. The van der Waals surface area contributed by atoms with Crippen LogP contribution < -0.4 is 10.1 Å². The molecule has 1 rings (SSSR count). The molecule has 0 radical (unpaired) electrons. The van der Waals surface area contributed by atoms with Crippen LogP contribution in [0.5, 0.6) is 5.75 Å². The fraction of sp³-hybridized carbons (Fsp3) is 0.467. The summed E-state index contributed by atoms with van der Waals surface area (Å²) in [6.45, 7) is 5.89. The normalized spacial score (nSPS) is 13.4. The number of aromatic nitrogens is 1. The average Bonchev–Trinajstić information content (AvgIpc) is 2.45. The molecule has 1 aromatic rings. The number of carbonyl (C=O) groups excluding carboxylic acids is 2. The minimum absolute atomic E-state index is 0.0457. The molecule has 1 aromatic heterocycles. The number of ether oxygens (including phenoxy) is 2. The van der Waals surface area contributed by atoms with Crippen LogP contribution in [0.4, 0.5) is 5.69 Å². The van der Waals surface area contributed by atoms with Gasteiger partial charge in [-0.1, -0.05) is 0 Å². The molecule has 0 saturated carbocycles. The third-order valence-electron chi connectivity index (χ3n) is 2.67. The van der Waals surface area contributed by atoms with Crippen LogP contribution in [0.3, 0.4) is 0 Å². The van der Waals surface area contributed by atoms with E-state index < -0.39 is 23.1 Å². The molecular formula is C15H19N3O5. The van der Waals surface area contributed by atoms with Crippen molar-refractivity contribution < 1.29 is 24.2 Å². The van der Waals surface area contributed by atoms with Crippen LogP contribution >= 0.6 is 0 Å². The fourth-order valence-corrected chi connectivity index (χ4v) is 1.48. The summed E-state index contributed by atoms with van der Waals surface area (Å²) in [6.07, 6.45) is 1.21. The van der Waals surface area contributed by atoms with E-state index in [0.29, 0.717) is 0 Å². The molecule has 0 aliphatic heterocycles. The number of pyridine rings is 1. The van der Waals surface area contributed by atoms with Crippen molar-refractivity contribution in [1.82, 2.24) is 4.98 Å². The van der Waals surface area contributed by atoms with E-state index in [1.807, 2.05) is 6.07 Å². The molecule has 1 heterocycles. The van der Waals surface area contributed by atoms with Crippen molar-refractivity contribution in [3.05, 3.63) is 18.0 Å². The second-order valence-corrected chi connectivity index (χ2v) is 5.91. The van der Waals surface area contributed by atoms with E-state index in [1.54, 1.807) is 20.8 Å². The predicted molar refractivity (Wildman–Crippen MR) is 80.6 cm³/mol. The molecule has 0 aromatic carbocycles. The maximum Gasteiger partial charge on any atom is 0.348 e. The van der Waals surface area contributed by atoms with Crippen molar-refractivity contribution in [2.75, 3.05) is 12.4 Å². The van der Waals surface area contributed by atoms with Crippen molar-refractivity contribution in [2.24, 2.45) is 0 Å². The molecule has 8 heteroatoms. The van der Waals surface area contributed by atoms with Crippen molar-refractivity contribution in [3.8, 4) is 11.8 Å². The van der Waals surface area contributed by atoms with Gasteiger partial charge in [-0.25, -0.2) is 9.78 Å². The molecule has 0 spiro atoms. The van der Waals surface area contributed by atoms with E-state index in [9.17, 15) is 14.7 Å². The molecule has 0 aliphatic rings. The van der Waals surface area contributed by atoms with Gasteiger partial charge in [-0.3, -0.25) is 4.79 Å². The molecule has 1 amide bonds. The fourth-order valence-electron chi connectivity index (χ4n) is 1.48. The number of aliphatic hydroxyl groups is 1. The van der Waals surface area contributed by atoms with E-state index in [2.05, 4.69) is 10.3 Å². The van der Waals surface area contributed by atoms with Crippen LogP contribution in [0, 0.1) is 11.3 Å². The lowest BCUT2D eigenvalue weighted by Crippen LogP contribution is -2.50. The topological polar surface area (TPSA) is 122 Å². The Hall–Kier alpha value is -2.66. The molecule has 124 valence electrons. The third-order valence-corrected chi connectivity index (χ3v) is 2.67. The first-order valence-corrected chi connectivity index (χ1v) is 6.72. The van der Waals surface area contributed by atoms with Gasteiger partial charge in [0.2, 0.25) is 5.60 Å². The summed E-state index contributed by atoms with van der Waals surface area (Å²) in [4.78, 5) is 27.8. The number of rotatable bonds is 4. The first kappa shape index (κ1) is 18.4. The Morgan fingerprint density at radius 2 is 1.96 bits per heavy atom. The summed E-state index contributed by atoms with van der Waals surface area (Å²) >= 11 is 0. The Kier molecular flexibility index (Phi) is 5.30. The summed E-state index contributed by atoms with van der Waals surface area (Å²) in [5, 5.41) is 21.3. The molecule has 1 unspecified atom stereocenters. The molecule has 0 bridgehead atoms. The SMILES string of the molecule is COc1cc(NC(=O)C(C)(O)C(=O)OC(C)(C)C)cnc1C#N. The monoisotopic (exact) mass is 321 g/mol. The van der Waals surface area contributed by atoms with Crippen molar-refractivity contribution in [2.45, 2.75) is 38.9 Å². The van der Waals surface area contributed by atoms with Gasteiger partial charge in [0.1, 0.15) is 11.7 Å². The van der Waals surface area contributed by atoms with Gasteiger partial charge in [-0.2, -0.15) is 5.26 Å². The molecule has 0 fully saturated rings. The van der Waals surface area contributed by atoms with E-state index in [0.717, 1.165) is 6.92 Å². The van der Waals surface area contributed by atoms with E-state index >= 15 is 0 Å². The summed E-state index contributed by atoms with van der Waals surface area (Å²) in [5.74, 6) is -1.90. The minimum Gasteiger partial charge on any atom is -0.494 e. The van der Waals surface area contributed by atoms with Crippen LogP contribution in [-0.4, -0.2) is 40.3 Å². The Labute approximate surface area is 134 Å². The van der Waals surface area contributed by atoms with E-state index in [-0.39, 0.29) is 17.1 Å². The third kappa shape index (κ3) is 4.66. The number of esters is 1. The largest absolute Gasteiger partial charge is 0.494 e. The maximum absolute atomic E-state index is 12.1. The van der Waals surface area contributed by atoms with Gasteiger partial charge in [0.05, 0.1) is 19.0 Å². The number of hydrogen-bond donors (Lipinski definition) is 2. The highest BCUT2D eigenvalue weighted by atomic mass is 16.6. The minimum atomic E-state index is -2.38. The van der Waals surface area contributed by atoms with Crippen molar-refractivity contribution in [1.29, 1.82) is 5.26 Å². The van der Waals surface area contributed by atoms with Gasteiger partial charge in [-0.15, -0.1) is 0 Å². The first-order chi connectivity index (χ1) is 10.5. The first-order valence-electron chi connectivity index (χ1n) is 6.72. The lowest BCUT2D eigenvalue weighted by atomic mass is 10.1. The van der Waals surface area contributed by atoms with Gasteiger partial charge in [0.15, 0.2) is 11.4 Å².